The van der Waals surface area contributed by atoms with E-state index < -0.39 is 0 Å². The summed E-state index contributed by atoms with van der Waals surface area (Å²) in [5.41, 5.74) is 7.53. The third kappa shape index (κ3) is 3.82. The number of nitrogens with zero attached hydrogens (tertiary/aromatic N) is 2. The van der Waals surface area contributed by atoms with Crippen LogP contribution in [0, 0.1) is 17.8 Å². The lowest BCUT2D eigenvalue weighted by atomic mass is 9.80. The van der Waals surface area contributed by atoms with Crippen molar-refractivity contribution in [2.45, 2.75) is 65.5 Å². The van der Waals surface area contributed by atoms with E-state index in [1.807, 2.05) is 12.5 Å². The monoisotopic (exact) mass is 263 g/mol. The molecule has 19 heavy (non-hydrogen) atoms. The van der Waals surface area contributed by atoms with Gasteiger partial charge in [0.25, 0.3) is 0 Å². The van der Waals surface area contributed by atoms with Crippen molar-refractivity contribution < 1.29 is 0 Å². The largest absolute Gasteiger partial charge is 0.333 e. The fourth-order valence-corrected chi connectivity index (χ4v) is 3.34. The molecule has 2 rings (SSSR count). The van der Waals surface area contributed by atoms with Crippen LogP contribution in [0.1, 0.15) is 64.6 Å². The molecule has 1 aromatic rings. The molecule has 1 aliphatic rings. The quantitative estimate of drug-likeness (QED) is 0.879. The topological polar surface area (TPSA) is 43.8 Å². The van der Waals surface area contributed by atoms with E-state index in [0.717, 1.165) is 24.8 Å². The second-order valence-electron chi connectivity index (χ2n) is 6.73. The summed E-state index contributed by atoms with van der Waals surface area (Å²) in [6, 6.07) is 0.126. The van der Waals surface area contributed by atoms with Crippen molar-refractivity contribution in [1.29, 1.82) is 0 Å². The van der Waals surface area contributed by atoms with Gasteiger partial charge in [-0.3, -0.25) is 0 Å². The SMILES string of the molecule is CC(C)CC(N)c1cncn1CC1CCCCC1C. The van der Waals surface area contributed by atoms with E-state index in [1.165, 1.54) is 31.4 Å². The Bertz CT molecular complexity index is 383. The van der Waals surface area contributed by atoms with Gasteiger partial charge in [-0.2, -0.15) is 0 Å². The first-order valence-electron chi connectivity index (χ1n) is 7.83. The van der Waals surface area contributed by atoms with E-state index >= 15 is 0 Å². The molecular formula is C16H29N3. The molecule has 0 radical (unpaired) electrons. The van der Waals surface area contributed by atoms with Crippen LogP contribution in [0.4, 0.5) is 0 Å². The van der Waals surface area contributed by atoms with Gasteiger partial charge in [-0.25, -0.2) is 4.98 Å². The third-order valence-electron chi connectivity index (χ3n) is 4.57. The van der Waals surface area contributed by atoms with Crippen molar-refractivity contribution in [3.8, 4) is 0 Å². The predicted octanol–water partition coefficient (Wildman–Crippen LogP) is 3.76. The summed E-state index contributed by atoms with van der Waals surface area (Å²) in [7, 11) is 0. The Morgan fingerprint density at radius 3 is 2.79 bits per heavy atom. The van der Waals surface area contributed by atoms with Gasteiger partial charge < -0.3 is 10.3 Å². The average molecular weight is 263 g/mol. The van der Waals surface area contributed by atoms with E-state index in [-0.39, 0.29) is 6.04 Å². The number of hydrogen-bond acceptors (Lipinski definition) is 2. The molecule has 3 heteroatoms. The Hall–Kier alpha value is -0.830. The van der Waals surface area contributed by atoms with Crippen molar-refractivity contribution in [2.24, 2.45) is 23.5 Å². The summed E-state index contributed by atoms with van der Waals surface area (Å²) in [6.07, 6.45) is 10.5. The van der Waals surface area contributed by atoms with E-state index in [2.05, 4.69) is 30.3 Å². The van der Waals surface area contributed by atoms with Crippen LogP contribution in [-0.4, -0.2) is 9.55 Å². The number of nitrogens with two attached hydrogens (primary N) is 1. The van der Waals surface area contributed by atoms with Gasteiger partial charge >= 0.3 is 0 Å². The molecule has 108 valence electrons. The zero-order chi connectivity index (χ0) is 13.8. The highest BCUT2D eigenvalue weighted by molar-refractivity contribution is 5.05. The lowest BCUT2D eigenvalue weighted by Crippen LogP contribution is -2.24. The molecule has 3 nitrogen and oxygen atoms in total. The molecule has 0 saturated heterocycles. The number of aromatic nitrogens is 2. The van der Waals surface area contributed by atoms with Gasteiger partial charge in [-0.15, -0.1) is 0 Å². The van der Waals surface area contributed by atoms with Gasteiger partial charge in [0.2, 0.25) is 0 Å². The summed E-state index contributed by atoms with van der Waals surface area (Å²) in [4.78, 5) is 4.32. The fraction of sp³-hybridized carbons (Fsp3) is 0.812. The van der Waals surface area contributed by atoms with Crippen LogP contribution in [0.2, 0.25) is 0 Å². The molecule has 1 aliphatic carbocycles. The van der Waals surface area contributed by atoms with Crippen molar-refractivity contribution in [3.05, 3.63) is 18.2 Å². The smallest absolute Gasteiger partial charge is 0.0948 e. The van der Waals surface area contributed by atoms with Crippen LogP contribution < -0.4 is 5.73 Å². The summed E-state index contributed by atoms with van der Waals surface area (Å²) < 4.78 is 2.31. The highest BCUT2D eigenvalue weighted by Gasteiger charge is 2.23. The molecule has 1 aromatic heterocycles. The minimum atomic E-state index is 0.126. The lowest BCUT2D eigenvalue weighted by molar-refractivity contribution is 0.225. The van der Waals surface area contributed by atoms with Gasteiger partial charge in [-0.05, 0) is 30.6 Å². The van der Waals surface area contributed by atoms with Crippen LogP contribution in [0.15, 0.2) is 12.5 Å². The summed E-state index contributed by atoms with van der Waals surface area (Å²) in [5.74, 6) is 2.27. The zero-order valence-electron chi connectivity index (χ0n) is 12.7. The van der Waals surface area contributed by atoms with E-state index in [4.69, 9.17) is 5.73 Å². The van der Waals surface area contributed by atoms with Crippen LogP contribution in [-0.2, 0) is 6.54 Å². The maximum atomic E-state index is 6.32. The molecule has 2 N–H and O–H groups in total. The molecule has 1 fully saturated rings. The second kappa shape index (κ2) is 6.56. The maximum Gasteiger partial charge on any atom is 0.0948 e. The van der Waals surface area contributed by atoms with E-state index in [1.54, 1.807) is 0 Å². The van der Waals surface area contributed by atoms with Gasteiger partial charge in [0.15, 0.2) is 0 Å². The Kier molecular flexibility index (Phi) is 5.03. The molecule has 0 spiro atoms. The minimum Gasteiger partial charge on any atom is -0.333 e. The Labute approximate surface area is 117 Å². The Morgan fingerprint density at radius 2 is 2.11 bits per heavy atom. The standard InChI is InChI=1S/C16H29N3/c1-12(2)8-15(17)16-9-18-11-19(16)10-14-7-5-4-6-13(14)3/h9,11-15H,4-8,10,17H2,1-3H3. The number of rotatable bonds is 5. The molecule has 3 unspecified atom stereocenters. The average Bonchev–Trinajstić information content (AvgIpc) is 2.79. The highest BCUT2D eigenvalue weighted by Crippen LogP contribution is 2.31. The molecule has 0 amide bonds. The normalized spacial score (nSPS) is 25.7. The van der Waals surface area contributed by atoms with E-state index in [0.29, 0.717) is 5.92 Å². The van der Waals surface area contributed by atoms with Crippen molar-refractivity contribution in [2.75, 3.05) is 0 Å². The fourth-order valence-electron chi connectivity index (χ4n) is 3.34. The third-order valence-corrected chi connectivity index (χ3v) is 4.57. The van der Waals surface area contributed by atoms with Gasteiger partial charge in [0.1, 0.15) is 0 Å². The highest BCUT2D eigenvalue weighted by atomic mass is 15.1. The van der Waals surface area contributed by atoms with Crippen LogP contribution in [0.5, 0.6) is 0 Å². The molecule has 0 bridgehead atoms. The van der Waals surface area contributed by atoms with Gasteiger partial charge in [0.05, 0.1) is 12.0 Å². The number of hydrogen-bond donors (Lipinski definition) is 1. The van der Waals surface area contributed by atoms with Gasteiger partial charge in [0, 0.05) is 18.8 Å². The number of imidazole rings is 1. The Balaban J connectivity index is 2.02. The molecule has 1 saturated carbocycles. The zero-order valence-corrected chi connectivity index (χ0v) is 12.7. The first kappa shape index (κ1) is 14.6. The van der Waals surface area contributed by atoms with Crippen LogP contribution >= 0.6 is 0 Å². The first-order valence-corrected chi connectivity index (χ1v) is 7.83. The molecular weight excluding hydrogens is 234 g/mol. The van der Waals surface area contributed by atoms with Crippen molar-refractivity contribution in [3.63, 3.8) is 0 Å². The van der Waals surface area contributed by atoms with Gasteiger partial charge in [-0.1, -0.05) is 40.0 Å². The Morgan fingerprint density at radius 1 is 1.37 bits per heavy atom. The molecule has 0 aliphatic heterocycles. The summed E-state index contributed by atoms with van der Waals surface area (Å²) in [5, 5.41) is 0. The minimum absolute atomic E-state index is 0.126. The predicted molar refractivity (Wildman–Crippen MR) is 79.7 cm³/mol. The van der Waals surface area contributed by atoms with Crippen LogP contribution in [0.25, 0.3) is 0 Å². The van der Waals surface area contributed by atoms with Crippen molar-refractivity contribution >= 4 is 0 Å². The first-order chi connectivity index (χ1) is 9.08. The summed E-state index contributed by atoms with van der Waals surface area (Å²) >= 11 is 0. The molecule has 0 aromatic carbocycles. The molecule has 3 atom stereocenters. The summed E-state index contributed by atoms with van der Waals surface area (Å²) in [6.45, 7) is 7.95. The lowest BCUT2D eigenvalue weighted by Gasteiger charge is -2.30. The van der Waals surface area contributed by atoms with Crippen LogP contribution in [0.3, 0.4) is 0 Å². The maximum absolute atomic E-state index is 6.32. The van der Waals surface area contributed by atoms with E-state index in [9.17, 15) is 0 Å². The van der Waals surface area contributed by atoms with Crippen molar-refractivity contribution in [1.82, 2.24) is 9.55 Å². The molecule has 1 heterocycles. The second-order valence-corrected chi connectivity index (χ2v) is 6.73.